The zero-order valence-electron chi connectivity index (χ0n) is 14.8. The van der Waals surface area contributed by atoms with Crippen molar-refractivity contribution >= 4 is 16.9 Å². The highest BCUT2D eigenvalue weighted by Gasteiger charge is 2.45. The fourth-order valence-corrected chi connectivity index (χ4v) is 3.63. The molecule has 3 atom stereocenters. The van der Waals surface area contributed by atoms with E-state index in [1.54, 1.807) is 4.68 Å². The van der Waals surface area contributed by atoms with Crippen molar-refractivity contribution in [2.45, 2.75) is 38.8 Å². The summed E-state index contributed by atoms with van der Waals surface area (Å²) in [5.41, 5.74) is 3.23. The first-order chi connectivity index (χ1) is 12.1. The summed E-state index contributed by atoms with van der Waals surface area (Å²) < 4.78 is 3.96. The number of hydrogen-bond donors (Lipinski definition) is 1. The summed E-state index contributed by atoms with van der Waals surface area (Å²) in [6.07, 6.45) is 4.75. The molecule has 0 aliphatic heterocycles. The van der Waals surface area contributed by atoms with Gasteiger partial charge in [-0.25, -0.2) is 4.98 Å². The van der Waals surface area contributed by atoms with Crippen LogP contribution < -0.4 is 5.32 Å². The van der Waals surface area contributed by atoms with E-state index in [0.29, 0.717) is 5.92 Å². The van der Waals surface area contributed by atoms with Gasteiger partial charge in [0.05, 0.1) is 23.3 Å². The van der Waals surface area contributed by atoms with E-state index in [2.05, 4.69) is 28.0 Å². The summed E-state index contributed by atoms with van der Waals surface area (Å²) >= 11 is 0. The third-order valence-electron chi connectivity index (χ3n) is 5.03. The normalized spacial score (nSPS) is 20.6. The predicted molar refractivity (Wildman–Crippen MR) is 96.0 cm³/mol. The van der Waals surface area contributed by atoms with Crippen LogP contribution in [0.15, 0.2) is 36.7 Å². The van der Waals surface area contributed by atoms with Gasteiger partial charge in [0.2, 0.25) is 5.91 Å². The summed E-state index contributed by atoms with van der Waals surface area (Å²) in [5, 5.41) is 7.35. The topological polar surface area (TPSA) is 64.7 Å². The third-order valence-corrected chi connectivity index (χ3v) is 5.03. The Bertz CT molecular complexity index is 925. The van der Waals surface area contributed by atoms with Crippen LogP contribution in [0.2, 0.25) is 0 Å². The van der Waals surface area contributed by atoms with Gasteiger partial charge in [0.15, 0.2) is 0 Å². The van der Waals surface area contributed by atoms with E-state index >= 15 is 0 Å². The number of aryl methyl sites for hydroxylation is 2. The second kappa shape index (κ2) is 6.02. The second-order valence-electron chi connectivity index (χ2n) is 6.83. The van der Waals surface area contributed by atoms with Crippen molar-refractivity contribution in [1.29, 1.82) is 0 Å². The molecule has 0 spiro atoms. The lowest BCUT2D eigenvalue weighted by atomic mass is 10.2. The van der Waals surface area contributed by atoms with Crippen molar-refractivity contribution in [2.24, 2.45) is 13.0 Å². The van der Waals surface area contributed by atoms with Crippen LogP contribution in [0.5, 0.6) is 0 Å². The van der Waals surface area contributed by atoms with Gasteiger partial charge in [0, 0.05) is 25.7 Å². The summed E-state index contributed by atoms with van der Waals surface area (Å²) in [4.78, 5) is 17.4. The maximum Gasteiger partial charge on any atom is 0.224 e. The SMILES string of the molecule is CCn1c([C@H](C)NC(=O)[C@H]2C[C@H]2c2cnn(C)c2)nc2ccccc21. The molecule has 1 saturated carbocycles. The first kappa shape index (κ1) is 15.9. The van der Waals surface area contributed by atoms with Crippen molar-refractivity contribution in [3.63, 3.8) is 0 Å². The monoisotopic (exact) mass is 337 g/mol. The molecule has 1 aliphatic carbocycles. The molecule has 1 aromatic carbocycles. The van der Waals surface area contributed by atoms with Crippen LogP contribution in [0, 0.1) is 5.92 Å². The fourth-order valence-electron chi connectivity index (χ4n) is 3.63. The average molecular weight is 337 g/mol. The number of imidazole rings is 1. The zero-order chi connectivity index (χ0) is 17.6. The Morgan fingerprint density at radius 2 is 2.20 bits per heavy atom. The molecule has 2 aromatic heterocycles. The first-order valence-electron chi connectivity index (χ1n) is 8.82. The molecule has 0 bridgehead atoms. The number of nitrogens with one attached hydrogen (secondary N) is 1. The second-order valence-corrected chi connectivity index (χ2v) is 6.83. The average Bonchev–Trinajstić information content (AvgIpc) is 3.14. The number of carbonyl (C=O) groups excluding carboxylic acids is 1. The van der Waals surface area contributed by atoms with Crippen molar-refractivity contribution in [2.75, 3.05) is 0 Å². The standard InChI is InChI=1S/C19H23N5O/c1-4-24-17-8-6-5-7-16(17)22-18(24)12(2)21-19(25)15-9-14(15)13-10-20-23(3)11-13/h5-8,10-12,14-15H,4,9H2,1-3H3,(H,21,25)/t12-,14-,15-/m0/s1. The molecule has 1 amide bonds. The molecule has 2 heterocycles. The van der Waals surface area contributed by atoms with E-state index in [1.807, 2.05) is 44.6 Å². The Labute approximate surface area is 146 Å². The van der Waals surface area contributed by atoms with Crippen LogP contribution in [-0.4, -0.2) is 25.2 Å². The fraction of sp³-hybridized carbons (Fsp3) is 0.421. The van der Waals surface area contributed by atoms with Crippen LogP contribution in [0.4, 0.5) is 0 Å². The van der Waals surface area contributed by atoms with Gasteiger partial charge >= 0.3 is 0 Å². The van der Waals surface area contributed by atoms with E-state index < -0.39 is 0 Å². The van der Waals surface area contributed by atoms with Gasteiger partial charge in [-0.1, -0.05) is 12.1 Å². The van der Waals surface area contributed by atoms with E-state index in [9.17, 15) is 4.79 Å². The molecule has 6 nitrogen and oxygen atoms in total. The number of carbonyl (C=O) groups is 1. The molecular weight excluding hydrogens is 314 g/mol. The summed E-state index contributed by atoms with van der Waals surface area (Å²) in [7, 11) is 1.90. The Kier molecular flexibility index (Phi) is 3.82. The molecular formula is C19H23N5O. The Hall–Kier alpha value is -2.63. The van der Waals surface area contributed by atoms with Gasteiger partial charge in [-0.2, -0.15) is 5.10 Å². The molecule has 1 aliphatic rings. The summed E-state index contributed by atoms with van der Waals surface area (Å²) in [6, 6.07) is 7.98. The number of nitrogens with zero attached hydrogens (tertiary/aromatic N) is 4. The first-order valence-corrected chi connectivity index (χ1v) is 8.82. The minimum atomic E-state index is -0.116. The quantitative estimate of drug-likeness (QED) is 0.778. The van der Waals surface area contributed by atoms with Crippen LogP contribution in [0.1, 0.15) is 43.6 Å². The molecule has 0 unspecified atom stereocenters. The van der Waals surface area contributed by atoms with Gasteiger partial charge in [0.25, 0.3) is 0 Å². The Morgan fingerprint density at radius 1 is 1.40 bits per heavy atom. The summed E-state index contributed by atoms with van der Waals surface area (Å²) in [6.45, 7) is 4.94. The van der Waals surface area contributed by atoms with Crippen molar-refractivity contribution in [1.82, 2.24) is 24.6 Å². The largest absolute Gasteiger partial charge is 0.346 e. The predicted octanol–water partition coefficient (Wildman–Crippen LogP) is 2.77. The smallest absolute Gasteiger partial charge is 0.224 e. The van der Waals surface area contributed by atoms with Crippen LogP contribution in [0.3, 0.4) is 0 Å². The van der Waals surface area contributed by atoms with Crippen LogP contribution in [-0.2, 0) is 18.4 Å². The van der Waals surface area contributed by atoms with Crippen molar-refractivity contribution in [3.05, 3.63) is 48.0 Å². The maximum atomic E-state index is 12.6. The lowest BCUT2D eigenvalue weighted by molar-refractivity contribution is -0.123. The number of amides is 1. The van der Waals surface area contributed by atoms with Gasteiger partial charge in [0.1, 0.15) is 5.82 Å². The number of hydrogen-bond acceptors (Lipinski definition) is 3. The van der Waals surface area contributed by atoms with Gasteiger partial charge in [-0.05, 0) is 43.9 Å². The molecule has 1 fully saturated rings. The lowest BCUT2D eigenvalue weighted by Crippen LogP contribution is -2.30. The van der Waals surface area contributed by atoms with E-state index in [1.165, 1.54) is 0 Å². The van der Waals surface area contributed by atoms with Crippen molar-refractivity contribution in [3.8, 4) is 0 Å². The minimum absolute atomic E-state index is 0.0473. The molecule has 130 valence electrons. The van der Waals surface area contributed by atoms with Gasteiger partial charge in [-0.15, -0.1) is 0 Å². The van der Waals surface area contributed by atoms with E-state index in [-0.39, 0.29) is 17.9 Å². The Balaban J connectivity index is 1.49. The van der Waals surface area contributed by atoms with Crippen LogP contribution in [0.25, 0.3) is 11.0 Å². The highest BCUT2D eigenvalue weighted by Crippen LogP contribution is 2.47. The van der Waals surface area contributed by atoms with E-state index in [4.69, 9.17) is 4.98 Å². The molecule has 3 aromatic rings. The maximum absolute atomic E-state index is 12.6. The number of rotatable bonds is 5. The molecule has 1 N–H and O–H groups in total. The van der Waals surface area contributed by atoms with Gasteiger partial charge < -0.3 is 9.88 Å². The zero-order valence-corrected chi connectivity index (χ0v) is 14.8. The number of fused-ring (bicyclic) bond motifs is 1. The van der Waals surface area contributed by atoms with Crippen molar-refractivity contribution < 1.29 is 4.79 Å². The molecule has 25 heavy (non-hydrogen) atoms. The lowest BCUT2D eigenvalue weighted by Gasteiger charge is -2.15. The minimum Gasteiger partial charge on any atom is -0.346 e. The van der Waals surface area contributed by atoms with Crippen LogP contribution >= 0.6 is 0 Å². The highest BCUT2D eigenvalue weighted by atomic mass is 16.2. The molecule has 0 radical (unpaired) electrons. The van der Waals surface area contributed by atoms with E-state index in [0.717, 1.165) is 35.4 Å². The van der Waals surface area contributed by atoms with Gasteiger partial charge in [-0.3, -0.25) is 9.48 Å². The number of benzene rings is 1. The Morgan fingerprint density at radius 3 is 2.92 bits per heavy atom. The number of para-hydroxylation sites is 2. The molecule has 4 rings (SSSR count). The number of aromatic nitrogens is 4. The summed E-state index contributed by atoms with van der Waals surface area (Å²) in [5.74, 6) is 1.36. The third kappa shape index (κ3) is 2.81. The molecule has 6 heteroatoms. The highest BCUT2D eigenvalue weighted by molar-refractivity contribution is 5.83. The molecule has 0 saturated heterocycles.